The maximum Gasteiger partial charge on any atom is 0.435 e. The second-order valence-corrected chi connectivity index (χ2v) is 9.83. The van der Waals surface area contributed by atoms with E-state index in [1.165, 1.54) is 28.6 Å². The van der Waals surface area contributed by atoms with Gasteiger partial charge in [0, 0.05) is 39.2 Å². The molecule has 2 aromatic carbocycles. The maximum atomic E-state index is 13.2. The molecule has 1 fully saturated rings. The molecule has 1 atom stereocenters. The van der Waals surface area contributed by atoms with Crippen LogP contribution in [0.5, 0.6) is 0 Å². The first kappa shape index (κ1) is 24.8. The highest BCUT2D eigenvalue weighted by molar-refractivity contribution is 7.99. The van der Waals surface area contributed by atoms with E-state index in [-0.39, 0.29) is 23.8 Å². The summed E-state index contributed by atoms with van der Waals surface area (Å²) in [4.78, 5) is 25.2. The van der Waals surface area contributed by atoms with Gasteiger partial charge in [-0.05, 0) is 44.0 Å². The van der Waals surface area contributed by atoms with Crippen LogP contribution in [0.2, 0.25) is 0 Å². The smallest absolute Gasteiger partial charge is 0.326 e. The van der Waals surface area contributed by atoms with Gasteiger partial charge in [0.15, 0.2) is 5.69 Å². The molecule has 1 unspecified atom stereocenters. The van der Waals surface area contributed by atoms with Crippen LogP contribution < -0.4 is 5.32 Å². The summed E-state index contributed by atoms with van der Waals surface area (Å²) in [6, 6.07) is 13.0. The summed E-state index contributed by atoms with van der Waals surface area (Å²) in [6.45, 7) is 3.51. The number of halogens is 3. The van der Waals surface area contributed by atoms with Gasteiger partial charge in [-0.15, -0.1) is 0 Å². The topological polar surface area (TPSA) is 90.1 Å². The predicted octanol–water partition coefficient (Wildman–Crippen LogP) is 6.42. The highest BCUT2D eigenvalue weighted by Gasteiger charge is 2.38. The van der Waals surface area contributed by atoms with Gasteiger partial charge < -0.3 is 5.32 Å². The molecule has 0 spiro atoms. The van der Waals surface area contributed by atoms with Crippen molar-refractivity contribution in [2.24, 2.45) is 5.92 Å². The predicted molar refractivity (Wildman–Crippen MR) is 125 cm³/mol. The number of rotatable bonds is 8. The van der Waals surface area contributed by atoms with E-state index < -0.39 is 28.6 Å². The Morgan fingerprint density at radius 2 is 1.89 bits per heavy atom. The van der Waals surface area contributed by atoms with Gasteiger partial charge in [0.2, 0.25) is 5.91 Å². The number of amides is 1. The summed E-state index contributed by atoms with van der Waals surface area (Å²) in [5, 5.41) is 17.8. The largest absolute Gasteiger partial charge is 0.435 e. The first-order valence-electron chi connectivity index (χ1n) is 11.0. The van der Waals surface area contributed by atoms with Gasteiger partial charge >= 0.3 is 6.18 Å². The molecule has 3 aromatic rings. The number of hydrogen-bond acceptors (Lipinski definition) is 5. The lowest BCUT2D eigenvalue weighted by Gasteiger charge is -2.15. The number of carbonyl (C=O) groups excluding carboxylic acids is 1. The minimum absolute atomic E-state index is 0.0204. The molecule has 1 N–H and O–H groups in total. The van der Waals surface area contributed by atoms with Crippen LogP contribution in [-0.4, -0.2) is 20.6 Å². The Labute approximate surface area is 203 Å². The van der Waals surface area contributed by atoms with Crippen LogP contribution in [0.15, 0.2) is 58.3 Å². The Balaban J connectivity index is 1.51. The number of carbonyl (C=O) groups is 1. The number of nitro benzene ring substituents is 1. The summed E-state index contributed by atoms with van der Waals surface area (Å²) in [6.07, 6.45) is -2.98. The fourth-order valence-corrected chi connectivity index (χ4v) is 4.50. The molecule has 1 aliphatic carbocycles. The average Bonchev–Trinajstić information content (AvgIpc) is 3.54. The highest BCUT2D eigenvalue weighted by Crippen LogP contribution is 2.42. The summed E-state index contributed by atoms with van der Waals surface area (Å²) in [7, 11) is 0. The molecular formula is C24H23F3N4O3S. The van der Waals surface area contributed by atoms with Crippen molar-refractivity contribution in [2.75, 3.05) is 5.32 Å². The SMILES string of the molecule is Cc1ccc(Sc2cc(NC(=O)C(C)Cn3nc(C(F)(F)F)cc3C3CC3)cc([N+](=O)[O-])c2)cc1. The molecule has 1 aromatic heterocycles. The molecule has 1 aliphatic rings. The standard InChI is InChI=1S/C24H23F3N4O3S/c1-14-3-7-19(8-4-14)35-20-10-17(9-18(11-20)31(33)34)28-23(32)15(2)13-30-21(16-5-6-16)12-22(29-30)24(25,26)27/h3-4,7-12,15-16H,5-6,13H2,1-2H3,(H,28,32). The summed E-state index contributed by atoms with van der Waals surface area (Å²) < 4.78 is 40.7. The lowest BCUT2D eigenvalue weighted by molar-refractivity contribution is -0.385. The van der Waals surface area contributed by atoms with E-state index in [0.29, 0.717) is 10.6 Å². The van der Waals surface area contributed by atoms with E-state index in [0.717, 1.165) is 29.4 Å². The summed E-state index contributed by atoms with van der Waals surface area (Å²) >= 11 is 1.32. The Morgan fingerprint density at radius 3 is 2.49 bits per heavy atom. The van der Waals surface area contributed by atoms with Gasteiger partial charge in [0.25, 0.3) is 5.69 Å². The molecule has 0 bridgehead atoms. The monoisotopic (exact) mass is 504 g/mol. The normalized spacial score (nSPS) is 14.5. The minimum Gasteiger partial charge on any atom is -0.326 e. The summed E-state index contributed by atoms with van der Waals surface area (Å²) in [5.41, 5.74) is 0.653. The van der Waals surface area contributed by atoms with Crippen LogP contribution in [0.1, 0.15) is 42.6 Å². The van der Waals surface area contributed by atoms with Crippen LogP contribution in [-0.2, 0) is 17.5 Å². The van der Waals surface area contributed by atoms with E-state index in [2.05, 4.69) is 10.4 Å². The van der Waals surface area contributed by atoms with Crippen LogP contribution in [0.3, 0.4) is 0 Å². The molecule has 35 heavy (non-hydrogen) atoms. The van der Waals surface area contributed by atoms with E-state index in [4.69, 9.17) is 0 Å². The molecule has 1 saturated carbocycles. The quantitative estimate of drug-likeness (QED) is 0.282. The van der Waals surface area contributed by atoms with E-state index in [1.807, 2.05) is 31.2 Å². The maximum absolute atomic E-state index is 13.2. The number of aryl methyl sites for hydroxylation is 1. The molecule has 4 rings (SSSR count). The zero-order valence-electron chi connectivity index (χ0n) is 19.0. The Kier molecular flexibility index (Phi) is 6.88. The molecule has 11 heteroatoms. The van der Waals surface area contributed by atoms with Gasteiger partial charge in [-0.25, -0.2) is 0 Å². The van der Waals surface area contributed by atoms with Crippen molar-refractivity contribution < 1.29 is 22.9 Å². The number of anilines is 1. The number of aromatic nitrogens is 2. The highest BCUT2D eigenvalue weighted by atomic mass is 32.2. The van der Waals surface area contributed by atoms with Crippen molar-refractivity contribution >= 4 is 29.0 Å². The molecule has 7 nitrogen and oxygen atoms in total. The molecule has 1 heterocycles. The first-order valence-corrected chi connectivity index (χ1v) is 11.8. The molecule has 0 saturated heterocycles. The van der Waals surface area contributed by atoms with Crippen LogP contribution in [0.25, 0.3) is 0 Å². The zero-order chi connectivity index (χ0) is 25.3. The van der Waals surface area contributed by atoms with Crippen molar-refractivity contribution in [3.05, 3.63) is 75.6 Å². The third-order valence-electron chi connectivity index (χ3n) is 5.62. The molecule has 1 amide bonds. The van der Waals surface area contributed by atoms with Gasteiger partial charge in [-0.3, -0.25) is 19.6 Å². The third kappa shape index (κ3) is 6.21. The van der Waals surface area contributed by atoms with Crippen molar-refractivity contribution in [3.8, 4) is 0 Å². The van der Waals surface area contributed by atoms with Gasteiger partial charge in [-0.2, -0.15) is 18.3 Å². The summed E-state index contributed by atoms with van der Waals surface area (Å²) in [5.74, 6) is -1.17. The fourth-order valence-electron chi connectivity index (χ4n) is 3.59. The zero-order valence-corrected chi connectivity index (χ0v) is 19.8. The number of hydrogen-bond donors (Lipinski definition) is 1. The van der Waals surface area contributed by atoms with Crippen molar-refractivity contribution in [2.45, 2.75) is 55.1 Å². The van der Waals surface area contributed by atoms with Crippen molar-refractivity contribution in [1.29, 1.82) is 0 Å². The van der Waals surface area contributed by atoms with Crippen molar-refractivity contribution in [1.82, 2.24) is 9.78 Å². The third-order valence-corrected chi connectivity index (χ3v) is 6.60. The first-order chi connectivity index (χ1) is 16.5. The number of benzene rings is 2. The minimum atomic E-state index is -4.56. The number of alkyl halides is 3. The van der Waals surface area contributed by atoms with Gasteiger partial charge in [-0.1, -0.05) is 36.4 Å². The Hall–Kier alpha value is -3.34. The fraction of sp³-hybridized carbons (Fsp3) is 0.333. The number of nitrogens with one attached hydrogen (secondary N) is 1. The van der Waals surface area contributed by atoms with E-state index in [1.54, 1.807) is 13.0 Å². The Morgan fingerprint density at radius 1 is 1.20 bits per heavy atom. The second-order valence-electron chi connectivity index (χ2n) is 8.69. The van der Waals surface area contributed by atoms with E-state index >= 15 is 0 Å². The average molecular weight is 505 g/mol. The molecule has 0 aliphatic heterocycles. The van der Waals surface area contributed by atoms with E-state index in [9.17, 15) is 28.1 Å². The number of non-ortho nitro benzene ring substituents is 1. The molecule has 0 radical (unpaired) electrons. The Bertz CT molecular complexity index is 1250. The van der Waals surface area contributed by atoms with Crippen molar-refractivity contribution in [3.63, 3.8) is 0 Å². The lowest BCUT2D eigenvalue weighted by atomic mass is 10.1. The van der Waals surface area contributed by atoms with Gasteiger partial charge in [0.05, 0.1) is 17.4 Å². The number of nitrogens with zero attached hydrogens (tertiary/aromatic N) is 3. The molecular weight excluding hydrogens is 481 g/mol. The van der Waals surface area contributed by atoms with Crippen LogP contribution in [0, 0.1) is 23.0 Å². The van der Waals surface area contributed by atoms with Crippen LogP contribution >= 0.6 is 11.8 Å². The second kappa shape index (κ2) is 9.73. The number of nitro groups is 1. The van der Waals surface area contributed by atoms with Crippen LogP contribution in [0.4, 0.5) is 24.5 Å². The lowest BCUT2D eigenvalue weighted by Crippen LogP contribution is -2.25. The molecule has 184 valence electrons. The van der Waals surface area contributed by atoms with Gasteiger partial charge in [0.1, 0.15) is 0 Å².